The van der Waals surface area contributed by atoms with Gasteiger partial charge in [-0.25, -0.2) is 0 Å². The summed E-state index contributed by atoms with van der Waals surface area (Å²) in [6.45, 7) is -0.744. The van der Waals surface area contributed by atoms with Gasteiger partial charge in [-0.3, -0.25) is 9.59 Å². The minimum Gasteiger partial charge on any atom is -0.487 e. The molecule has 12 rings (SSSR count). The molecule has 1 fully saturated rings. The summed E-state index contributed by atoms with van der Waals surface area (Å²) in [6.07, 6.45) is -5.52. The van der Waals surface area contributed by atoms with Gasteiger partial charge in [-0.1, -0.05) is 60.1 Å². The fraction of sp³-hybridized carbons (Fsp3) is 0.360. The van der Waals surface area contributed by atoms with Crippen molar-refractivity contribution >= 4 is 22.8 Å². The second-order valence-electron chi connectivity index (χ2n) is 17.6. The number of esters is 1. The standard InChI is InChI=1S/C50H46N4O15/c51-47-46(67-36(59)20-35(57)58)50(15-17-53-47)49(62)14-6-10-28-30(22-54-21-26-13-16-52-39(26)31(54)23-55)37-34(19-33(28)66-48(69-50)40(60)45(49)61)65-41-27(25-7-2-1-3-8-25)9-4-5-18-63-43-32(64-24-56)12-11-29-38(41)44(37)68-42(29)43/h1-3,7-8,11-13,15-17,19,21,27,38,40-41,44-48,52-53,55-56,60-62H,5,14,18,20,22-24,51H2,(H,57,58)/t27-,38-,40-,41-,44+,45-,46+,47-,48-,49+,50-/m1/s1. The maximum Gasteiger partial charge on any atom is 0.317 e. The van der Waals surface area contributed by atoms with E-state index in [1.165, 1.54) is 12.3 Å². The van der Waals surface area contributed by atoms with Crippen molar-refractivity contribution in [3.63, 3.8) is 0 Å². The lowest BCUT2D eigenvalue weighted by atomic mass is 9.67. The summed E-state index contributed by atoms with van der Waals surface area (Å²) in [4.78, 5) is 27.7. The van der Waals surface area contributed by atoms with Crippen molar-refractivity contribution in [1.82, 2.24) is 14.9 Å². The topological polar surface area (TPSA) is 279 Å². The van der Waals surface area contributed by atoms with Crippen LogP contribution in [-0.2, 0) is 32.2 Å². The Balaban J connectivity index is 1.13. The maximum atomic E-state index is 12.9. The van der Waals surface area contributed by atoms with Gasteiger partial charge < -0.3 is 84.4 Å². The molecule has 1 spiro atoms. The summed E-state index contributed by atoms with van der Waals surface area (Å²) >= 11 is 0. The van der Waals surface area contributed by atoms with Crippen molar-refractivity contribution in [3.05, 3.63) is 113 Å². The van der Waals surface area contributed by atoms with Crippen LogP contribution in [0.15, 0.2) is 79.3 Å². The number of nitrogens with zero attached hydrogens (tertiary/aromatic N) is 1. The van der Waals surface area contributed by atoms with Crippen LogP contribution in [-0.4, -0.2) is 114 Å². The number of carbonyl (C=O) groups excluding carboxylic acids is 1. The number of aliphatic hydroxyl groups is 5. The quantitative estimate of drug-likeness (QED) is 0.0441. The molecular weight excluding hydrogens is 897 g/mol. The Morgan fingerprint density at radius 2 is 1.86 bits per heavy atom. The molecule has 19 nitrogen and oxygen atoms in total. The molecule has 0 amide bonds. The molecule has 1 saturated heterocycles. The predicted molar refractivity (Wildman–Crippen MR) is 239 cm³/mol. The number of aromatic amines is 1. The van der Waals surface area contributed by atoms with Crippen LogP contribution < -0.4 is 34.7 Å². The van der Waals surface area contributed by atoms with Crippen LogP contribution in [0.4, 0.5) is 0 Å². The van der Waals surface area contributed by atoms with Gasteiger partial charge in [0, 0.05) is 59.9 Å². The molecule has 7 aliphatic rings. The number of nitrogens with one attached hydrogen (secondary N) is 2. The Morgan fingerprint density at radius 1 is 1.01 bits per heavy atom. The summed E-state index contributed by atoms with van der Waals surface area (Å²) < 4.78 is 47.0. The zero-order valence-electron chi connectivity index (χ0n) is 36.5. The average molecular weight is 943 g/mol. The highest BCUT2D eigenvalue weighted by Crippen LogP contribution is 2.61. The molecule has 10 N–H and O–H groups in total. The fourth-order valence-electron chi connectivity index (χ4n) is 10.7. The van der Waals surface area contributed by atoms with Crippen molar-refractivity contribution in [3.8, 4) is 52.4 Å². The molecule has 9 heterocycles. The SMILES string of the molecule is N[C@@H]1NC=C[C@@]2(O[C@H]3Oc4cc5c(c(Cn6cc7cc[nH]c7c6CO)c4C#CC[C@]2(O)[C@H](O)[C@H]3O)[C@@H]2Oc3c4ccc(OCO)c3OCCC#C[C@H](c3ccccc3)[C@@H](O5)[C@@H]42)[C@H]1OC(=O)CC(=O)O. The van der Waals surface area contributed by atoms with Crippen molar-refractivity contribution < 1.29 is 73.4 Å². The van der Waals surface area contributed by atoms with E-state index in [0.717, 1.165) is 16.5 Å². The van der Waals surface area contributed by atoms with E-state index in [1.54, 1.807) is 18.3 Å². The van der Waals surface area contributed by atoms with Gasteiger partial charge in [0.1, 0.15) is 54.1 Å². The number of nitrogens with two attached hydrogens (primary N) is 1. The lowest BCUT2D eigenvalue weighted by molar-refractivity contribution is -0.355. The number of aromatic nitrogens is 2. The number of aliphatic hydroxyl groups excluding tert-OH is 4. The molecule has 11 atom stereocenters. The van der Waals surface area contributed by atoms with E-state index in [-0.39, 0.29) is 48.3 Å². The number of carboxylic acids is 1. The molecule has 7 aliphatic heterocycles. The van der Waals surface area contributed by atoms with Crippen LogP contribution in [0, 0.1) is 23.7 Å². The number of H-pyrrole nitrogens is 1. The summed E-state index contributed by atoms with van der Waals surface area (Å²) in [5.74, 6) is 10.4. The van der Waals surface area contributed by atoms with Crippen LogP contribution in [0.3, 0.4) is 0 Å². The molecule has 5 aromatic rings. The number of hydrogen-bond acceptors (Lipinski definition) is 16. The first-order valence-corrected chi connectivity index (χ1v) is 22.3. The van der Waals surface area contributed by atoms with Crippen molar-refractivity contribution in [2.75, 3.05) is 13.4 Å². The summed E-state index contributed by atoms with van der Waals surface area (Å²) in [7, 11) is 0. The number of ether oxygens (including phenoxy) is 7. The van der Waals surface area contributed by atoms with Crippen LogP contribution in [0.25, 0.3) is 10.9 Å². The largest absolute Gasteiger partial charge is 0.487 e. The second kappa shape index (κ2) is 17.1. The summed E-state index contributed by atoms with van der Waals surface area (Å²) in [5.41, 5.74) is 5.76. The zero-order chi connectivity index (χ0) is 47.8. The maximum absolute atomic E-state index is 12.9. The Kier molecular flexibility index (Phi) is 11.0. The monoisotopic (exact) mass is 942 g/mol. The lowest BCUT2D eigenvalue weighted by Crippen LogP contribution is -2.80. The molecule has 6 bridgehead atoms. The first-order chi connectivity index (χ1) is 33.4. The average Bonchev–Trinajstić information content (AvgIpc) is 4.04. The molecular formula is C50H46N4O15. The van der Waals surface area contributed by atoms with Gasteiger partial charge >= 0.3 is 11.9 Å². The molecule has 356 valence electrons. The Bertz CT molecular complexity index is 3040. The molecule has 0 unspecified atom stereocenters. The van der Waals surface area contributed by atoms with E-state index in [1.807, 2.05) is 53.2 Å². The predicted octanol–water partition coefficient (Wildman–Crippen LogP) is 1.86. The highest BCUT2D eigenvalue weighted by molar-refractivity contribution is 5.90. The lowest BCUT2D eigenvalue weighted by Gasteiger charge is -2.57. The van der Waals surface area contributed by atoms with Gasteiger partial charge in [-0.2, -0.15) is 0 Å². The van der Waals surface area contributed by atoms with Crippen LogP contribution in [0.2, 0.25) is 0 Å². The Morgan fingerprint density at radius 3 is 2.65 bits per heavy atom. The molecule has 3 aromatic carbocycles. The number of aliphatic carboxylic acids is 1. The molecule has 69 heavy (non-hydrogen) atoms. The third-order valence-corrected chi connectivity index (χ3v) is 13.8. The molecule has 0 saturated carbocycles. The van der Waals surface area contributed by atoms with Crippen LogP contribution >= 0.6 is 0 Å². The second-order valence-corrected chi connectivity index (χ2v) is 17.6. The minimum absolute atomic E-state index is 0.0127. The van der Waals surface area contributed by atoms with E-state index in [4.69, 9.17) is 38.9 Å². The van der Waals surface area contributed by atoms with E-state index in [9.17, 15) is 40.2 Å². The Labute approximate surface area is 392 Å². The third kappa shape index (κ3) is 7.04. The minimum atomic E-state index is -2.57. The van der Waals surface area contributed by atoms with Crippen molar-refractivity contribution in [2.45, 2.75) is 98.4 Å². The molecule has 2 aromatic heterocycles. The zero-order valence-corrected chi connectivity index (χ0v) is 36.5. The number of rotatable bonds is 9. The third-order valence-electron chi connectivity index (χ3n) is 13.8. The first kappa shape index (κ1) is 44.3. The first-order valence-electron chi connectivity index (χ1n) is 22.3. The van der Waals surface area contributed by atoms with E-state index >= 15 is 0 Å². The van der Waals surface area contributed by atoms with Crippen LogP contribution in [0.5, 0.6) is 28.7 Å². The van der Waals surface area contributed by atoms with Crippen molar-refractivity contribution in [1.29, 1.82) is 0 Å². The molecule has 19 heteroatoms. The number of fused-ring (bicyclic) bond motifs is 5. The number of benzene rings is 3. The van der Waals surface area contributed by atoms with Gasteiger partial charge in [0.25, 0.3) is 0 Å². The van der Waals surface area contributed by atoms with Gasteiger partial charge in [0.05, 0.1) is 41.8 Å². The van der Waals surface area contributed by atoms with Gasteiger partial charge in [-0.15, -0.1) is 0 Å². The molecule has 0 radical (unpaired) electrons. The van der Waals surface area contributed by atoms with E-state index in [2.05, 4.69) is 34.0 Å². The van der Waals surface area contributed by atoms with Gasteiger partial charge in [-0.05, 0) is 30.0 Å². The highest BCUT2D eigenvalue weighted by Gasteiger charge is 2.69. The number of carboxylic acid groups (broad SMARTS) is 1. The molecule has 0 aliphatic carbocycles. The Hall–Kier alpha value is -7.20. The summed E-state index contributed by atoms with van der Waals surface area (Å²) in [5, 5.41) is 70.2. The number of carbonyl (C=O) groups is 2. The van der Waals surface area contributed by atoms with Crippen LogP contribution in [0.1, 0.15) is 70.7 Å². The normalized spacial score (nSPS) is 30.0. The van der Waals surface area contributed by atoms with E-state index < -0.39 is 97.6 Å². The van der Waals surface area contributed by atoms with Gasteiger partial charge in [0.15, 0.2) is 30.0 Å². The van der Waals surface area contributed by atoms with E-state index in [0.29, 0.717) is 34.5 Å². The highest BCUT2D eigenvalue weighted by atomic mass is 16.7. The van der Waals surface area contributed by atoms with Gasteiger partial charge in [0.2, 0.25) is 12.0 Å². The smallest absolute Gasteiger partial charge is 0.317 e. The number of hydrogen-bond donors (Lipinski definition) is 9. The fourth-order valence-corrected chi connectivity index (χ4v) is 10.7. The van der Waals surface area contributed by atoms with Crippen molar-refractivity contribution in [2.24, 2.45) is 5.73 Å². The summed E-state index contributed by atoms with van der Waals surface area (Å²) in [6, 6.07) is 16.8.